The molecule has 1 amide bonds. The quantitative estimate of drug-likeness (QED) is 0.633. The zero-order valence-corrected chi connectivity index (χ0v) is 7.16. The Morgan fingerprint density at radius 1 is 1.67 bits per heavy atom. The fraction of sp³-hybridized carbons (Fsp3) is 0.429. The van der Waals surface area contributed by atoms with Crippen molar-refractivity contribution in [2.24, 2.45) is 12.8 Å². The number of nitrogen functional groups attached to an aromatic ring is 1. The minimum Gasteiger partial charge on any atom is -0.395 e. The highest BCUT2D eigenvalue weighted by atomic mass is 16.1. The zero-order chi connectivity index (χ0) is 9.30. The monoisotopic (exact) mass is 168 g/mol. The first kappa shape index (κ1) is 8.58. The second kappa shape index (κ2) is 2.84. The number of primary amides is 1. The number of amides is 1. The van der Waals surface area contributed by atoms with Crippen molar-refractivity contribution < 1.29 is 4.79 Å². The molecule has 1 aromatic heterocycles. The number of carbonyl (C=O) groups is 1. The van der Waals surface area contributed by atoms with Gasteiger partial charge in [0, 0.05) is 7.05 Å². The van der Waals surface area contributed by atoms with Crippen LogP contribution in [0.5, 0.6) is 0 Å². The molecule has 5 nitrogen and oxygen atoms in total. The Hall–Kier alpha value is -1.52. The largest absolute Gasteiger partial charge is 0.395 e. The number of nitrogens with zero attached hydrogens (tertiary/aromatic N) is 2. The van der Waals surface area contributed by atoms with Crippen LogP contribution in [0.4, 0.5) is 5.69 Å². The van der Waals surface area contributed by atoms with E-state index < -0.39 is 5.91 Å². The molecule has 0 unspecified atom stereocenters. The van der Waals surface area contributed by atoms with E-state index in [2.05, 4.69) is 5.10 Å². The number of aromatic nitrogens is 2. The summed E-state index contributed by atoms with van der Waals surface area (Å²) in [6.07, 6.45) is 0.701. The predicted octanol–water partition coefficient (Wildman–Crippen LogP) is -0.336. The van der Waals surface area contributed by atoms with E-state index in [1.807, 2.05) is 6.92 Å². The Labute approximate surface area is 70.3 Å². The molecule has 0 saturated heterocycles. The number of nitrogens with two attached hydrogens (primary N) is 2. The van der Waals surface area contributed by atoms with Gasteiger partial charge in [0.2, 0.25) is 0 Å². The van der Waals surface area contributed by atoms with Crippen molar-refractivity contribution in [2.75, 3.05) is 5.73 Å². The second-order valence-corrected chi connectivity index (χ2v) is 2.55. The molecule has 0 saturated carbocycles. The van der Waals surface area contributed by atoms with Crippen LogP contribution in [0.3, 0.4) is 0 Å². The van der Waals surface area contributed by atoms with Crippen LogP contribution in [0.25, 0.3) is 0 Å². The molecule has 0 aliphatic heterocycles. The molecular weight excluding hydrogens is 156 g/mol. The van der Waals surface area contributed by atoms with Crippen LogP contribution in [-0.4, -0.2) is 15.7 Å². The predicted molar refractivity (Wildman–Crippen MR) is 45.5 cm³/mol. The van der Waals surface area contributed by atoms with Crippen molar-refractivity contribution in [1.29, 1.82) is 0 Å². The van der Waals surface area contributed by atoms with Crippen LogP contribution in [-0.2, 0) is 13.5 Å². The van der Waals surface area contributed by atoms with Gasteiger partial charge in [0.25, 0.3) is 5.91 Å². The lowest BCUT2D eigenvalue weighted by atomic mass is 10.2. The molecule has 5 heteroatoms. The number of aryl methyl sites for hydroxylation is 2. The fourth-order valence-corrected chi connectivity index (χ4v) is 1.15. The van der Waals surface area contributed by atoms with E-state index in [1.54, 1.807) is 7.05 Å². The van der Waals surface area contributed by atoms with Gasteiger partial charge in [0.05, 0.1) is 11.4 Å². The van der Waals surface area contributed by atoms with Gasteiger partial charge >= 0.3 is 0 Å². The third-order valence-corrected chi connectivity index (χ3v) is 1.73. The summed E-state index contributed by atoms with van der Waals surface area (Å²) < 4.78 is 1.41. The van der Waals surface area contributed by atoms with Crippen LogP contribution < -0.4 is 11.5 Å². The third kappa shape index (κ3) is 1.13. The molecule has 66 valence electrons. The SMILES string of the molecule is CCc1nn(C)c(C(N)=O)c1N. The number of hydrogen-bond donors (Lipinski definition) is 2. The van der Waals surface area contributed by atoms with E-state index in [0.717, 1.165) is 0 Å². The molecule has 12 heavy (non-hydrogen) atoms. The van der Waals surface area contributed by atoms with E-state index in [4.69, 9.17) is 11.5 Å². The van der Waals surface area contributed by atoms with Gasteiger partial charge in [0.15, 0.2) is 0 Å². The summed E-state index contributed by atoms with van der Waals surface area (Å²) in [7, 11) is 1.65. The molecule has 1 aromatic rings. The van der Waals surface area contributed by atoms with Gasteiger partial charge < -0.3 is 11.5 Å². The average molecular weight is 168 g/mol. The maximum atomic E-state index is 10.9. The van der Waals surface area contributed by atoms with Crippen LogP contribution >= 0.6 is 0 Å². The molecule has 4 N–H and O–H groups in total. The second-order valence-electron chi connectivity index (χ2n) is 2.55. The highest BCUT2D eigenvalue weighted by molar-refractivity contribution is 5.96. The first-order chi connectivity index (χ1) is 5.57. The summed E-state index contributed by atoms with van der Waals surface area (Å²) in [5.41, 5.74) is 12.1. The Morgan fingerprint density at radius 3 is 2.50 bits per heavy atom. The van der Waals surface area contributed by atoms with Crippen LogP contribution in [0.15, 0.2) is 0 Å². The molecule has 0 bridgehead atoms. The Bertz CT molecular complexity index is 315. The zero-order valence-electron chi connectivity index (χ0n) is 7.16. The Balaban J connectivity index is 3.28. The van der Waals surface area contributed by atoms with E-state index in [1.165, 1.54) is 4.68 Å². The Morgan fingerprint density at radius 2 is 2.25 bits per heavy atom. The van der Waals surface area contributed by atoms with Gasteiger partial charge in [-0.2, -0.15) is 5.10 Å². The van der Waals surface area contributed by atoms with Crippen molar-refractivity contribution >= 4 is 11.6 Å². The summed E-state index contributed by atoms with van der Waals surface area (Å²) in [6, 6.07) is 0. The topological polar surface area (TPSA) is 86.9 Å². The molecule has 0 aliphatic rings. The highest BCUT2D eigenvalue weighted by Crippen LogP contribution is 2.15. The highest BCUT2D eigenvalue weighted by Gasteiger charge is 2.15. The molecule has 0 aliphatic carbocycles. The van der Waals surface area contributed by atoms with Crippen LogP contribution in [0, 0.1) is 0 Å². The van der Waals surface area contributed by atoms with E-state index >= 15 is 0 Å². The molecule has 0 spiro atoms. The van der Waals surface area contributed by atoms with Gasteiger partial charge in [-0.25, -0.2) is 0 Å². The van der Waals surface area contributed by atoms with E-state index in [-0.39, 0.29) is 5.69 Å². The minimum atomic E-state index is -0.540. The van der Waals surface area contributed by atoms with Crippen LogP contribution in [0.2, 0.25) is 0 Å². The maximum absolute atomic E-state index is 10.9. The van der Waals surface area contributed by atoms with Crippen molar-refractivity contribution in [3.8, 4) is 0 Å². The lowest BCUT2D eigenvalue weighted by Gasteiger charge is -1.95. The molecule has 0 radical (unpaired) electrons. The number of hydrogen-bond acceptors (Lipinski definition) is 3. The first-order valence-corrected chi connectivity index (χ1v) is 3.69. The van der Waals surface area contributed by atoms with Crippen molar-refractivity contribution in [2.45, 2.75) is 13.3 Å². The van der Waals surface area contributed by atoms with Gasteiger partial charge in [0.1, 0.15) is 5.69 Å². The summed E-state index contributed by atoms with van der Waals surface area (Å²) in [5, 5.41) is 4.04. The lowest BCUT2D eigenvalue weighted by molar-refractivity contribution is 0.0992. The summed E-state index contributed by atoms with van der Waals surface area (Å²) in [6.45, 7) is 1.92. The summed E-state index contributed by atoms with van der Waals surface area (Å²) in [5.74, 6) is -0.540. The van der Waals surface area contributed by atoms with Crippen molar-refractivity contribution in [1.82, 2.24) is 9.78 Å². The maximum Gasteiger partial charge on any atom is 0.269 e. The van der Waals surface area contributed by atoms with E-state index in [0.29, 0.717) is 17.8 Å². The van der Waals surface area contributed by atoms with Gasteiger partial charge in [-0.3, -0.25) is 9.48 Å². The number of anilines is 1. The molecular formula is C7H12N4O. The van der Waals surface area contributed by atoms with Gasteiger partial charge in [-0.05, 0) is 6.42 Å². The van der Waals surface area contributed by atoms with Gasteiger partial charge in [-0.15, -0.1) is 0 Å². The van der Waals surface area contributed by atoms with Gasteiger partial charge in [-0.1, -0.05) is 6.92 Å². The normalized spacial score (nSPS) is 10.2. The molecule has 0 atom stereocenters. The minimum absolute atomic E-state index is 0.284. The molecule has 0 fully saturated rings. The van der Waals surface area contributed by atoms with E-state index in [9.17, 15) is 4.79 Å². The van der Waals surface area contributed by atoms with Crippen LogP contribution in [0.1, 0.15) is 23.1 Å². The third-order valence-electron chi connectivity index (χ3n) is 1.73. The molecule has 1 heterocycles. The summed E-state index contributed by atoms with van der Waals surface area (Å²) >= 11 is 0. The molecule has 0 aromatic carbocycles. The average Bonchev–Trinajstić information content (AvgIpc) is 2.25. The number of carbonyl (C=O) groups excluding carboxylic acids is 1. The summed E-state index contributed by atoms with van der Waals surface area (Å²) in [4.78, 5) is 10.9. The standard InChI is InChI=1S/C7H12N4O/c1-3-4-5(8)6(7(9)12)11(2)10-4/h3,8H2,1-2H3,(H2,9,12). The van der Waals surface area contributed by atoms with Crippen molar-refractivity contribution in [3.05, 3.63) is 11.4 Å². The number of rotatable bonds is 2. The fourth-order valence-electron chi connectivity index (χ4n) is 1.15. The first-order valence-electron chi connectivity index (χ1n) is 3.69. The van der Waals surface area contributed by atoms with Crippen molar-refractivity contribution in [3.63, 3.8) is 0 Å². The Kier molecular flexibility index (Phi) is 2.03. The lowest BCUT2D eigenvalue weighted by Crippen LogP contribution is -2.17. The molecule has 1 rings (SSSR count). The smallest absolute Gasteiger partial charge is 0.269 e.